The maximum absolute atomic E-state index is 9.36. The molecule has 0 aliphatic rings. The van der Waals surface area contributed by atoms with E-state index in [-0.39, 0.29) is 22.6 Å². The van der Waals surface area contributed by atoms with Crippen LogP contribution in [0, 0.1) is 5.41 Å². The highest BCUT2D eigenvalue weighted by atomic mass is 16.4. The third kappa shape index (κ3) is 1.12. The summed E-state index contributed by atoms with van der Waals surface area (Å²) in [4.78, 5) is 0. The van der Waals surface area contributed by atoms with E-state index in [1.807, 2.05) is 0 Å². The Morgan fingerprint density at radius 3 is 2.54 bits per heavy atom. The van der Waals surface area contributed by atoms with Crippen LogP contribution < -0.4 is 5.55 Å². The minimum Gasteiger partial charge on any atom is -0.504 e. The van der Waals surface area contributed by atoms with Crippen molar-refractivity contribution in [2.45, 2.75) is 0 Å². The third-order valence-corrected chi connectivity index (χ3v) is 1.77. The molecule has 2 aromatic rings. The molecule has 0 atom stereocenters. The molecule has 1 aromatic carbocycles. The Morgan fingerprint density at radius 2 is 1.77 bits per heavy atom. The van der Waals surface area contributed by atoms with E-state index in [2.05, 4.69) is 0 Å². The van der Waals surface area contributed by atoms with Crippen molar-refractivity contribution in [3.63, 3.8) is 0 Å². The number of benzene rings is 1. The van der Waals surface area contributed by atoms with Crippen molar-refractivity contribution >= 4 is 11.0 Å². The van der Waals surface area contributed by atoms with Gasteiger partial charge in [0.15, 0.2) is 11.3 Å². The summed E-state index contributed by atoms with van der Waals surface area (Å²) in [6.45, 7) is 0. The highest BCUT2D eigenvalue weighted by Crippen LogP contribution is 2.31. The summed E-state index contributed by atoms with van der Waals surface area (Å²) in [5.74, 6) is -0.576. The molecule has 13 heavy (non-hydrogen) atoms. The molecular weight excluding hydrogens is 170 g/mol. The van der Waals surface area contributed by atoms with Gasteiger partial charge in [0.25, 0.3) is 0 Å². The van der Waals surface area contributed by atoms with Crippen LogP contribution in [0.3, 0.4) is 0 Å². The molecule has 4 nitrogen and oxygen atoms in total. The number of fused-ring (bicyclic) bond motifs is 1. The van der Waals surface area contributed by atoms with Crippen molar-refractivity contribution in [1.82, 2.24) is 0 Å². The van der Waals surface area contributed by atoms with Gasteiger partial charge in [-0.3, -0.25) is 5.41 Å². The Kier molecular flexibility index (Phi) is 1.48. The lowest BCUT2D eigenvalue weighted by Gasteiger charge is -2.00. The lowest BCUT2D eigenvalue weighted by Crippen LogP contribution is -1.94. The predicted octanol–water partition coefficient (Wildman–Crippen LogP) is 1.32. The van der Waals surface area contributed by atoms with Crippen molar-refractivity contribution in [3.05, 3.63) is 29.8 Å². The first-order valence-corrected chi connectivity index (χ1v) is 3.68. The monoisotopic (exact) mass is 177 g/mol. The molecule has 0 aliphatic heterocycles. The lowest BCUT2D eigenvalue weighted by molar-refractivity contribution is 0.396. The van der Waals surface area contributed by atoms with E-state index in [1.54, 1.807) is 12.1 Å². The summed E-state index contributed by atoms with van der Waals surface area (Å²) in [7, 11) is 0. The Morgan fingerprint density at radius 1 is 1.08 bits per heavy atom. The van der Waals surface area contributed by atoms with Gasteiger partial charge < -0.3 is 14.6 Å². The Bertz CT molecular complexity index is 516. The van der Waals surface area contributed by atoms with Crippen molar-refractivity contribution in [3.8, 4) is 11.5 Å². The number of nitrogens with one attached hydrogen (secondary N) is 1. The largest absolute Gasteiger partial charge is 0.504 e. The molecule has 66 valence electrons. The number of rotatable bonds is 0. The van der Waals surface area contributed by atoms with E-state index in [0.717, 1.165) is 0 Å². The molecule has 4 heteroatoms. The van der Waals surface area contributed by atoms with Crippen molar-refractivity contribution < 1.29 is 14.6 Å². The van der Waals surface area contributed by atoms with Gasteiger partial charge in [0.05, 0.1) is 0 Å². The molecule has 0 spiro atoms. The first kappa shape index (κ1) is 7.67. The van der Waals surface area contributed by atoms with Crippen LogP contribution in [0.25, 0.3) is 11.0 Å². The fourth-order valence-electron chi connectivity index (χ4n) is 1.12. The normalized spacial score (nSPS) is 10.5. The molecule has 0 fully saturated rings. The molecule has 2 rings (SSSR count). The predicted molar refractivity (Wildman–Crippen MR) is 45.4 cm³/mol. The lowest BCUT2D eigenvalue weighted by atomic mass is 10.2. The molecule has 0 saturated heterocycles. The molecule has 3 N–H and O–H groups in total. The zero-order chi connectivity index (χ0) is 9.42. The summed E-state index contributed by atoms with van der Waals surface area (Å²) in [6.07, 6.45) is 0. The van der Waals surface area contributed by atoms with Crippen LogP contribution in [0.15, 0.2) is 28.7 Å². The molecule has 0 radical (unpaired) electrons. The fraction of sp³-hybridized carbons (Fsp3) is 0. The van der Waals surface area contributed by atoms with Gasteiger partial charge in [0, 0.05) is 11.5 Å². The van der Waals surface area contributed by atoms with Gasteiger partial charge >= 0.3 is 0 Å². The molecule has 0 aliphatic carbocycles. The maximum Gasteiger partial charge on any atom is 0.212 e. The summed E-state index contributed by atoms with van der Waals surface area (Å²) in [5.41, 5.74) is 0.0703. The average Bonchev–Trinajstić information content (AvgIpc) is 2.12. The smallest absolute Gasteiger partial charge is 0.212 e. The summed E-state index contributed by atoms with van der Waals surface area (Å²) >= 11 is 0. The van der Waals surface area contributed by atoms with Gasteiger partial charge in [-0.05, 0) is 18.2 Å². The van der Waals surface area contributed by atoms with Crippen molar-refractivity contribution in [1.29, 1.82) is 5.41 Å². The molecule has 0 unspecified atom stereocenters. The van der Waals surface area contributed by atoms with Crippen LogP contribution in [-0.4, -0.2) is 10.2 Å². The molecular formula is C9H7NO3. The number of phenols is 2. The molecule has 1 aromatic heterocycles. The first-order valence-electron chi connectivity index (χ1n) is 3.68. The zero-order valence-corrected chi connectivity index (χ0v) is 6.61. The van der Waals surface area contributed by atoms with Crippen LogP contribution in [0.5, 0.6) is 11.5 Å². The van der Waals surface area contributed by atoms with Crippen LogP contribution in [0.2, 0.25) is 0 Å². The van der Waals surface area contributed by atoms with Crippen LogP contribution >= 0.6 is 0 Å². The minimum absolute atomic E-state index is 0.0617. The number of hydrogen-bond acceptors (Lipinski definition) is 4. The average molecular weight is 177 g/mol. The first-order chi connectivity index (χ1) is 6.18. The van der Waals surface area contributed by atoms with Crippen molar-refractivity contribution in [2.24, 2.45) is 0 Å². The van der Waals surface area contributed by atoms with Gasteiger partial charge in [-0.2, -0.15) is 0 Å². The van der Waals surface area contributed by atoms with E-state index in [0.29, 0.717) is 5.39 Å². The van der Waals surface area contributed by atoms with Gasteiger partial charge in [-0.1, -0.05) is 0 Å². The summed E-state index contributed by atoms with van der Waals surface area (Å²) in [5, 5.41) is 26.3. The molecule has 0 saturated carbocycles. The zero-order valence-electron chi connectivity index (χ0n) is 6.61. The SMILES string of the molecule is N=c1ccc2ccc(O)c(O)c2o1. The van der Waals surface area contributed by atoms with Crippen LogP contribution in [0.4, 0.5) is 0 Å². The quantitative estimate of drug-likeness (QED) is 0.531. The van der Waals surface area contributed by atoms with Gasteiger partial charge in [-0.25, -0.2) is 0 Å². The fourth-order valence-corrected chi connectivity index (χ4v) is 1.12. The van der Waals surface area contributed by atoms with E-state index in [4.69, 9.17) is 14.9 Å². The second-order valence-electron chi connectivity index (χ2n) is 2.65. The Balaban J connectivity index is 2.97. The number of hydrogen-bond donors (Lipinski definition) is 3. The van der Waals surface area contributed by atoms with E-state index < -0.39 is 0 Å². The van der Waals surface area contributed by atoms with Crippen molar-refractivity contribution in [2.75, 3.05) is 0 Å². The number of phenolic OH excluding ortho intramolecular Hbond substituents is 2. The van der Waals surface area contributed by atoms with Crippen LogP contribution in [-0.2, 0) is 0 Å². The minimum atomic E-state index is -0.327. The highest BCUT2D eigenvalue weighted by molar-refractivity contribution is 5.84. The highest BCUT2D eigenvalue weighted by Gasteiger charge is 2.06. The van der Waals surface area contributed by atoms with E-state index in [1.165, 1.54) is 12.1 Å². The second-order valence-corrected chi connectivity index (χ2v) is 2.65. The van der Waals surface area contributed by atoms with E-state index in [9.17, 15) is 5.11 Å². The summed E-state index contributed by atoms with van der Waals surface area (Å²) < 4.78 is 4.93. The van der Waals surface area contributed by atoms with Gasteiger partial charge in [0.1, 0.15) is 0 Å². The molecule has 0 amide bonds. The Labute approximate surface area is 73.2 Å². The van der Waals surface area contributed by atoms with Gasteiger partial charge in [0.2, 0.25) is 11.3 Å². The second kappa shape index (κ2) is 2.52. The topological polar surface area (TPSA) is 77.5 Å². The standard InChI is InChI=1S/C9H7NO3/c10-7-4-2-5-1-3-6(11)8(12)9(5)13-7/h1-4,10-12H. The van der Waals surface area contributed by atoms with E-state index >= 15 is 0 Å². The molecule has 0 bridgehead atoms. The van der Waals surface area contributed by atoms with Crippen LogP contribution in [0.1, 0.15) is 0 Å². The maximum atomic E-state index is 9.36. The third-order valence-electron chi connectivity index (χ3n) is 1.77. The number of aromatic hydroxyl groups is 2. The Hall–Kier alpha value is -1.97. The van der Waals surface area contributed by atoms with Gasteiger partial charge in [-0.15, -0.1) is 0 Å². The molecule has 1 heterocycles. The summed E-state index contributed by atoms with van der Waals surface area (Å²) in [6, 6.07) is 6.09.